The molecule has 0 fully saturated rings. The van der Waals surface area contributed by atoms with Gasteiger partial charge in [-0.3, -0.25) is 0 Å². The Bertz CT molecular complexity index is 314. The quantitative estimate of drug-likeness (QED) is 0.706. The second-order valence-electron chi connectivity index (χ2n) is 3.48. The van der Waals surface area contributed by atoms with Crippen molar-refractivity contribution in [2.45, 2.75) is 6.43 Å². The van der Waals surface area contributed by atoms with Gasteiger partial charge in [-0.2, -0.15) is 0 Å². The van der Waals surface area contributed by atoms with Crippen LogP contribution >= 0.6 is 0 Å². The molecule has 1 N–H and O–H groups in total. The average molecular weight is 241 g/mol. The molecule has 0 atom stereocenters. The van der Waals surface area contributed by atoms with E-state index in [0.29, 0.717) is 19.7 Å². The summed E-state index contributed by atoms with van der Waals surface area (Å²) in [7, 11) is 0. The summed E-state index contributed by atoms with van der Waals surface area (Å²) in [5.41, 5.74) is 1.14. The number of ether oxygens (including phenoxy) is 1. The SMILES string of the molecule is FC(F)COCCNC/C=C/c1ccccc1. The van der Waals surface area contributed by atoms with E-state index in [2.05, 4.69) is 5.32 Å². The molecule has 0 aliphatic rings. The van der Waals surface area contributed by atoms with Gasteiger partial charge in [0.1, 0.15) is 6.61 Å². The average Bonchev–Trinajstić information content (AvgIpc) is 2.33. The summed E-state index contributed by atoms with van der Waals surface area (Å²) in [6.45, 7) is 1.10. The molecule has 2 nitrogen and oxygen atoms in total. The monoisotopic (exact) mass is 241 g/mol. The Morgan fingerprint density at radius 1 is 1.24 bits per heavy atom. The first-order chi connectivity index (χ1) is 8.29. The lowest BCUT2D eigenvalue weighted by molar-refractivity contribution is 0.0190. The highest BCUT2D eigenvalue weighted by Crippen LogP contribution is 1.99. The number of benzene rings is 1. The van der Waals surface area contributed by atoms with Gasteiger partial charge in [0, 0.05) is 13.1 Å². The molecule has 0 spiro atoms. The van der Waals surface area contributed by atoms with Crippen LogP contribution in [0.25, 0.3) is 6.08 Å². The van der Waals surface area contributed by atoms with Crippen molar-refractivity contribution in [3.8, 4) is 0 Å². The van der Waals surface area contributed by atoms with Crippen LogP contribution in [0.15, 0.2) is 36.4 Å². The molecule has 0 radical (unpaired) electrons. The molecule has 0 aromatic heterocycles. The van der Waals surface area contributed by atoms with Gasteiger partial charge in [-0.25, -0.2) is 8.78 Å². The van der Waals surface area contributed by atoms with Gasteiger partial charge in [-0.15, -0.1) is 0 Å². The Morgan fingerprint density at radius 3 is 2.71 bits per heavy atom. The number of hydrogen-bond acceptors (Lipinski definition) is 2. The molecule has 0 bridgehead atoms. The van der Waals surface area contributed by atoms with Crippen molar-refractivity contribution in [3.63, 3.8) is 0 Å². The lowest BCUT2D eigenvalue weighted by Gasteiger charge is -2.03. The summed E-state index contributed by atoms with van der Waals surface area (Å²) in [4.78, 5) is 0. The highest BCUT2D eigenvalue weighted by atomic mass is 19.3. The fraction of sp³-hybridized carbons (Fsp3) is 0.385. The zero-order valence-electron chi connectivity index (χ0n) is 9.61. The first-order valence-corrected chi connectivity index (χ1v) is 5.57. The summed E-state index contributed by atoms with van der Waals surface area (Å²) < 4.78 is 28.1. The molecule has 0 saturated heterocycles. The zero-order chi connectivity index (χ0) is 12.3. The van der Waals surface area contributed by atoms with Gasteiger partial charge in [0.05, 0.1) is 6.61 Å². The molecule has 0 aliphatic carbocycles. The molecular formula is C13H17F2NO. The van der Waals surface area contributed by atoms with Gasteiger partial charge in [0.2, 0.25) is 0 Å². The van der Waals surface area contributed by atoms with E-state index in [0.717, 1.165) is 5.56 Å². The number of rotatable bonds is 8. The van der Waals surface area contributed by atoms with Gasteiger partial charge >= 0.3 is 0 Å². The van der Waals surface area contributed by atoms with Crippen LogP contribution in [0, 0.1) is 0 Å². The first-order valence-electron chi connectivity index (χ1n) is 5.57. The minimum absolute atomic E-state index is 0.309. The molecule has 0 saturated carbocycles. The van der Waals surface area contributed by atoms with E-state index >= 15 is 0 Å². The molecule has 94 valence electrons. The van der Waals surface area contributed by atoms with E-state index in [-0.39, 0.29) is 0 Å². The van der Waals surface area contributed by atoms with E-state index < -0.39 is 13.0 Å². The molecule has 0 aliphatic heterocycles. The van der Waals surface area contributed by atoms with Crippen LogP contribution in [0.3, 0.4) is 0 Å². The predicted octanol–water partition coefficient (Wildman–Crippen LogP) is 2.57. The van der Waals surface area contributed by atoms with Crippen LogP contribution in [0.4, 0.5) is 8.78 Å². The summed E-state index contributed by atoms with van der Waals surface area (Å²) in [6.07, 6.45) is 1.61. The maximum Gasteiger partial charge on any atom is 0.261 e. The van der Waals surface area contributed by atoms with Crippen molar-refractivity contribution in [2.75, 3.05) is 26.3 Å². The van der Waals surface area contributed by atoms with Crippen LogP contribution in [-0.2, 0) is 4.74 Å². The number of hydrogen-bond donors (Lipinski definition) is 1. The molecular weight excluding hydrogens is 224 g/mol. The summed E-state index contributed by atoms with van der Waals surface area (Å²) >= 11 is 0. The van der Waals surface area contributed by atoms with Crippen LogP contribution in [0.1, 0.15) is 5.56 Å². The minimum Gasteiger partial charge on any atom is -0.374 e. The van der Waals surface area contributed by atoms with Crippen molar-refractivity contribution in [1.29, 1.82) is 0 Å². The number of alkyl halides is 2. The Labute approximate surface area is 100 Å². The zero-order valence-corrected chi connectivity index (χ0v) is 9.61. The van der Waals surface area contributed by atoms with E-state index in [1.54, 1.807) is 0 Å². The Hall–Kier alpha value is -1.26. The lowest BCUT2D eigenvalue weighted by atomic mass is 10.2. The summed E-state index contributed by atoms with van der Waals surface area (Å²) in [5.74, 6) is 0. The fourth-order valence-electron chi connectivity index (χ4n) is 1.26. The van der Waals surface area contributed by atoms with Crippen LogP contribution in [0.5, 0.6) is 0 Å². The first kappa shape index (κ1) is 13.8. The molecule has 0 heterocycles. The minimum atomic E-state index is -2.38. The molecule has 4 heteroatoms. The largest absolute Gasteiger partial charge is 0.374 e. The Kier molecular flexibility index (Phi) is 7.18. The van der Waals surface area contributed by atoms with Gasteiger partial charge < -0.3 is 10.1 Å². The summed E-state index contributed by atoms with van der Waals surface area (Å²) in [5, 5.41) is 3.07. The van der Waals surface area contributed by atoms with Crippen molar-refractivity contribution in [2.24, 2.45) is 0 Å². The smallest absolute Gasteiger partial charge is 0.261 e. The number of halogens is 2. The maximum absolute atomic E-state index is 11.7. The van der Waals surface area contributed by atoms with Gasteiger partial charge in [0.25, 0.3) is 6.43 Å². The third-order valence-corrected chi connectivity index (χ3v) is 2.04. The second-order valence-corrected chi connectivity index (χ2v) is 3.48. The standard InChI is InChI=1S/C13H17F2NO/c14-13(15)11-17-10-9-16-8-4-7-12-5-2-1-3-6-12/h1-7,13,16H,8-11H2/b7-4+. The molecule has 0 amide bonds. The van der Waals surface area contributed by atoms with E-state index in [4.69, 9.17) is 4.74 Å². The third kappa shape index (κ3) is 7.60. The topological polar surface area (TPSA) is 21.3 Å². The molecule has 1 aromatic carbocycles. The van der Waals surface area contributed by atoms with Crippen molar-refractivity contribution in [3.05, 3.63) is 42.0 Å². The summed E-state index contributed by atoms with van der Waals surface area (Å²) in [6, 6.07) is 9.96. The fourth-order valence-corrected chi connectivity index (χ4v) is 1.26. The van der Waals surface area contributed by atoms with E-state index in [1.807, 2.05) is 42.5 Å². The van der Waals surface area contributed by atoms with E-state index in [1.165, 1.54) is 0 Å². The van der Waals surface area contributed by atoms with Crippen LogP contribution < -0.4 is 5.32 Å². The highest BCUT2D eigenvalue weighted by molar-refractivity contribution is 5.48. The van der Waals surface area contributed by atoms with E-state index in [9.17, 15) is 8.78 Å². The van der Waals surface area contributed by atoms with Crippen LogP contribution in [0.2, 0.25) is 0 Å². The lowest BCUT2D eigenvalue weighted by Crippen LogP contribution is -2.20. The Balaban J connectivity index is 1.99. The number of nitrogens with one attached hydrogen (secondary N) is 1. The predicted molar refractivity (Wildman–Crippen MR) is 65.2 cm³/mol. The normalized spacial score (nSPS) is 11.5. The van der Waals surface area contributed by atoms with Crippen molar-refractivity contribution < 1.29 is 13.5 Å². The molecule has 0 unspecified atom stereocenters. The Morgan fingerprint density at radius 2 is 2.00 bits per heavy atom. The second kappa shape index (κ2) is 8.84. The van der Waals surface area contributed by atoms with Crippen molar-refractivity contribution >= 4 is 6.08 Å². The van der Waals surface area contributed by atoms with Crippen molar-refractivity contribution in [1.82, 2.24) is 5.32 Å². The molecule has 17 heavy (non-hydrogen) atoms. The van der Waals surface area contributed by atoms with Gasteiger partial charge in [-0.1, -0.05) is 42.5 Å². The molecule has 1 aromatic rings. The highest BCUT2D eigenvalue weighted by Gasteiger charge is 1.99. The third-order valence-electron chi connectivity index (χ3n) is 2.04. The van der Waals surface area contributed by atoms with Gasteiger partial charge in [-0.05, 0) is 5.56 Å². The molecule has 1 rings (SSSR count). The van der Waals surface area contributed by atoms with Crippen LogP contribution in [-0.4, -0.2) is 32.7 Å². The van der Waals surface area contributed by atoms with Gasteiger partial charge in [0.15, 0.2) is 0 Å². The maximum atomic E-state index is 11.7.